The number of carbonyl (C=O) groups excluding carboxylic acids is 1. The number of halogens is 1. The van der Waals surface area contributed by atoms with Gasteiger partial charge in [-0.3, -0.25) is 9.59 Å². The summed E-state index contributed by atoms with van der Waals surface area (Å²) in [5.74, 6) is -1.60. The van der Waals surface area contributed by atoms with Crippen molar-refractivity contribution in [3.05, 3.63) is 53.1 Å². The standard InChI is InChI=1S/C19H24ClNO5.C2H2/c1-12(17(23)9-7-14-4-3-5-16(22)10-14)6-8-15(11-20)18(24)21-13(2)19(25)26;1-2/h3-6,8,10,13,17,22-23H,7,9,11H2,1-2H3,(H,21,24)(H,25,26);1-2H/b12-6+,15-8+;/t13-,17?;/m0./s1. The summed E-state index contributed by atoms with van der Waals surface area (Å²) in [4.78, 5) is 22.8. The van der Waals surface area contributed by atoms with Crippen LogP contribution in [0.2, 0.25) is 0 Å². The average molecular weight is 408 g/mol. The summed E-state index contributed by atoms with van der Waals surface area (Å²) < 4.78 is 0. The van der Waals surface area contributed by atoms with Crippen molar-refractivity contribution in [2.24, 2.45) is 0 Å². The second-order valence-electron chi connectivity index (χ2n) is 5.99. The molecule has 6 nitrogen and oxygen atoms in total. The zero-order valence-corrected chi connectivity index (χ0v) is 16.7. The van der Waals surface area contributed by atoms with Crippen LogP contribution >= 0.6 is 11.6 Å². The Morgan fingerprint density at radius 3 is 2.46 bits per heavy atom. The molecule has 0 fully saturated rings. The van der Waals surface area contributed by atoms with Crippen LogP contribution in [0.25, 0.3) is 0 Å². The predicted octanol–water partition coefficient (Wildman–Crippen LogP) is 2.64. The first kappa shape index (κ1) is 25.2. The van der Waals surface area contributed by atoms with Crippen molar-refractivity contribution in [3.8, 4) is 18.6 Å². The molecule has 1 aromatic rings. The number of aliphatic hydroxyl groups excluding tert-OH is 1. The summed E-state index contributed by atoms with van der Waals surface area (Å²) >= 11 is 5.75. The molecule has 0 saturated carbocycles. The molecule has 0 saturated heterocycles. The molecule has 7 heteroatoms. The number of carboxylic acids is 1. The number of alkyl halides is 1. The van der Waals surface area contributed by atoms with Crippen LogP contribution in [0, 0.1) is 12.8 Å². The number of carboxylic acid groups (broad SMARTS) is 1. The van der Waals surface area contributed by atoms with E-state index in [4.69, 9.17) is 16.7 Å². The number of aliphatic carboxylic acids is 1. The van der Waals surface area contributed by atoms with E-state index in [9.17, 15) is 19.8 Å². The van der Waals surface area contributed by atoms with Crippen LogP contribution in [-0.4, -0.2) is 45.2 Å². The average Bonchev–Trinajstić information content (AvgIpc) is 2.67. The number of amides is 1. The van der Waals surface area contributed by atoms with Crippen LogP contribution in [0.1, 0.15) is 25.8 Å². The molecule has 152 valence electrons. The summed E-state index contributed by atoms with van der Waals surface area (Å²) in [5, 5.41) is 30.8. The number of aliphatic hydroxyl groups is 1. The number of phenols is 1. The number of phenolic OH excluding ortho intramolecular Hbond substituents is 1. The highest BCUT2D eigenvalue weighted by Gasteiger charge is 2.16. The van der Waals surface area contributed by atoms with Crippen molar-refractivity contribution in [3.63, 3.8) is 0 Å². The third-order valence-electron chi connectivity index (χ3n) is 3.84. The van der Waals surface area contributed by atoms with E-state index in [2.05, 4.69) is 18.2 Å². The van der Waals surface area contributed by atoms with E-state index in [0.717, 1.165) is 5.56 Å². The Bertz CT molecular complexity index is 739. The van der Waals surface area contributed by atoms with Gasteiger partial charge >= 0.3 is 5.97 Å². The summed E-state index contributed by atoms with van der Waals surface area (Å²) in [7, 11) is 0. The molecule has 0 aromatic heterocycles. The van der Waals surface area contributed by atoms with Crippen molar-refractivity contribution in [2.45, 2.75) is 38.8 Å². The Morgan fingerprint density at radius 1 is 1.29 bits per heavy atom. The Labute approximate surface area is 170 Å². The van der Waals surface area contributed by atoms with Gasteiger partial charge in [-0.25, -0.2) is 0 Å². The molecule has 0 spiro atoms. The number of aryl methyl sites for hydroxylation is 1. The summed E-state index contributed by atoms with van der Waals surface area (Å²) in [6.07, 6.45) is 11.4. The quantitative estimate of drug-likeness (QED) is 0.218. The van der Waals surface area contributed by atoms with Gasteiger partial charge < -0.3 is 20.6 Å². The molecule has 0 bridgehead atoms. The molecule has 28 heavy (non-hydrogen) atoms. The van der Waals surface area contributed by atoms with Crippen molar-refractivity contribution in [2.75, 3.05) is 5.88 Å². The van der Waals surface area contributed by atoms with Gasteiger partial charge in [-0.05, 0) is 50.0 Å². The highest BCUT2D eigenvalue weighted by molar-refractivity contribution is 6.22. The fraction of sp³-hybridized carbons (Fsp3) is 0.333. The second-order valence-corrected chi connectivity index (χ2v) is 6.26. The molecule has 1 amide bonds. The number of hydrogen-bond donors (Lipinski definition) is 4. The fourth-order valence-electron chi connectivity index (χ4n) is 2.12. The second kappa shape index (κ2) is 13.4. The topological polar surface area (TPSA) is 107 Å². The lowest BCUT2D eigenvalue weighted by Crippen LogP contribution is -2.39. The van der Waals surface area contributed by atoms with Crippen molar-refractivity contribution >= 4 is 23.5 Å². The molecule has 0 aliphatic heterocycles. The maximum absolute atomic E-state index is 12.0. The number of aromatic hydroxyl groups is 1. The zero-order valence-electron chi connectivity index (χ0n) is 15.9. The maximum Gasteiger partial charge on any atom is 0.325 e. The first-order chi connectivity index (χ1) is 13.2. The molecule has 0 aliphatic carbocycles. The highest BCUT2D eigenvalue weighted by Crippen LogP contribution is 2.15. The summed E-state index contributed by atoms with van der Waals surface area (Å²) in [6, 6.07) is 5.81. The number of nitrogens with one attached hydrogen (secondary N) is 1. The van der Waals surface area contributed by atoms with Crippen LogP contribution in [0.15, 0.2) is 47.6 Å². The maximum atomic E-state index is 12.0. The van der Waals surface area contributed by atoms with Gasteiger partial charge in [0.2, 0.25) is 5.91 Å². The number of terminal acetylenes is 1. The van der Waals surface area contributed by atoms with Crippen molar-refractivity contribution in [1.29, 1.82) is 0 Å². The fourth-order valence-corrected chi connectivity index (χ4v) is 2.33. The lowest BCUT2D eigenvalue weighted by Gasteiger charge is -2.12. The third-order valence-corrected chi connectivity index (χ3v) is 4.13. The van der Waals surface area contributed by atoms with Gasteiger partial charge in [0.15, 0.2) is 0 Å². The van der Waals surface area contributed by atoms with Crippen molar-refractivity contribution < 1.29 is 24.9 Å². The molecular formula is C21H26ClNO5. The number of benzene rings is 1. The molecule has 0 heterocycles. The number of hydrogen-bond acceptors (Lipinski definition) is 4. The van der Waals surface area contributed by atoms with Crippen LogP contribution in [0.4, 0.5) is 0 Å². The molecule has 0 aliphatic rings. The van der Waals surface area contributed by atoms with E-state index >= 15 is 0 Å². The van der Waals surface area contributed by atoms with Gasteiger partial charge in [0.05, 0.1) is 12.0 Å². The third kappa shape index (κ3) is 9.26. The molecule has 4 N–H and O–H groups in total. The van der Waals surface area contributed by atoms with Gasteiger partial charge in [-0.15, -0.1) is 24.4 Å². The molecular weight excluding hydrogens is 382 g/mol. The molecule has 2 atom stereocenters. The van der Waals surface area contributed by atoms with Gasteiger partial charge in [0, 0.05) is 5.57 Å². The van der Waals surface area contributed by atoms with Gasteiger partial charge in [-0.1, -0.05) is 24.3 Å². The molecule has 1 aromatic carbocycles. The van der Waals surface area contributed by atoms with Crippen molar-refractivity contribution in [1.82, 2.24) is 5.32 Å². The zero-order chi connectivity index (χ0) is 21.7. The van der Waals surface area contributed by atoms with Crippen LogP contribution in [0.3, 0.4) is 0 Å². The molecule has 0 radical (unpaired) electrons. The minimum atomic E-state index is -1.14. The Morgan fingerprint density at radius 2 is 1.93 bits per heavy atom. The smallest absolute Gasteiger partial charge is 0.325 e. The first-order valence-corrected chi connectivity index (χ1v) is 9.04. The normalized spacial score (nSPS) is 13.6. The summed E-state index contributed by atoms with van der Waals surface area (Å²) in [5.41, 5.74) is 1.77. The molecule has 1 unspecified atom stereocenters. The van der Waals surface area contributed by atoms with Crippen LogP contribution in [0.5, 0.6) is 5.75 Å². The number of rotatable bonds is 9. The van der Waals surface area contributed by atoms with Crippen LogP contribution < -0.4 is 5.32 Å². The minimum Gasteiger partial charge on any atom is -0.508 e. The van der Waals surface area contributed by atoms with E-state index in [-0.39, 0.29) is 17.2 Å². The highest BCUT2D eigenvalue weighted by atomic mass is 35.5. The van der Waals surface area contributed by atoms with E-state index in [1.165, 1.54) is 13.0 Å². The number of allylic oxidation sites excluding steroid dienone is 2. The van der Waals surface area contributed by atoms with Crippen LogP contribution in [-0.2, 0) is 16.0 Å². The lowest BCUT2D eigenvalue weighted by molar-refractivity contribution is -0.140. The Kier molecular flexibility index (Phi) is 12.1. The first-order valence-electron chi connectivity index (χ1n) is 8.51. The predicted molar refractivity (Wildman–Crippen MR) is 110 cm³/mol. The number of carbonyl (C=O) groups is 2. The van der Waals surface area contributed by atoms with Gasteiger partial charge in [0.25, 0.3) is 0 Å². The van der Waals surface area contributed by atoms with E-state index in [1.54, 1.807) is 31.2 Å². The lowest BCUT2D eigenvalue weighted by atomic mass is 10.0. The minimum absolute atomic E-state index is 0.0820. The van der Waals surface area contributed by atoms with Gasteiger partial charge in [-0.2, -0.15) is 0 Å². The van der Waals surface area contributed by atoms with E-state index < -0.39 is 24.0 Å². The van der Waals surface area contributed by atoms with Gasteiger partial charge in [0.1, 0.15) is 11.8 Å². The molecule has 1 rings (SSSR count). The monoisotopic (exact) mass is 407 g/mol. The Balaban J connectivity index is 0.00000352. The largest absolute Gasteiger partial charge is 0.508 e. The SMILES string of the molecule is C#C.C/C(=C\C=C(/CCl)C(=O)N[C@@H](C)C(=O)O)C(O)CCc1cccc(O)c1. The summed E-state index contributed by atoms with van der Waals surface area (Å²) in [6.45, 7) is 3.09. The van der Waals surface area contributed by atoms with E-state index in [0.29, 0.717) is 18.4 Å². The van der Waals surface area contributed by atoms with E-state index in [1.807, 2.05) is 6.07 Å². The Hall–Kier alpha value is -2.75.